The van der Waals surface area contributed by atoms with Gasteiger partial charge in [-0.2, -0.15) is 0 Å². The average Bonchev–Trinajstić information content (AvgIpc) is 2.72. The lowest BCUT2D eigenvalue weighted by molar-refractivity contribution is 0.0871. The monoisotopic (exact) mass is 180 g/mol. The molecule has 0 radical (unpaired) electrons. The summed E-state index contributed by atoms with van der Waals surface area (Å²) in [6.45, 7) is 3.11. The van der Waals surface area contributed by atoms with E-state index < -0.39 is 0 Å². The van der Waals surface area contributed by atoms with Crippen LogP contribution in [0.15, 0.2) is 16.7 Å². The number of Topliss-reactive ketones (excluding diaryl/α,β-unsaturated/α-hetero) is 1. The Labute approximate surface area is 76.7 Å². The van der Waals surface area contributed by atoms with Crippen LogP contribution in [0.1, 0.15) is 22.5 Å². The van der Waals surface area contributed by atoms with Gasteiger partial charge in [-0.05, 0) is 25.0 Å². The number of carbonyl (C=O) groups excluding carboxylic acids is 1. The molecule has 0 N–H and O–H groups in total. The summed E-state index contributed by atoms with van der Waals surface area (Å²) in [5, 5.41) is 0. The summed E-state index contributed by atoms with van der Waals surface area (Å²) in [5.41, 5.74) is 0.914. The Hall–Kier alpha value is -1.09. The molecule has 0 amide bonds. The SMILES string of the molecule is Cc1ccoc1C(=O)C1CCOC1. The molecule has 1 unspecified atom stereocenters. The Morgan fingerprint density at radius 3 is 3.00 bits per heavy atom. The van der Waals surface area contributed by atoms with Gasteiger partial charge in [-0.15, -0.1) is 0 Å². The molecule has 70 valence electrons. The van der Waals surface area contributed by atoms with E-state index in [2.05, 4.69) is 0 Å². The molecule has 1 aliphatic rings. The third kappa shape index (κ3) is 1.52. The highest BCUT2D eigenvalue weighted by atomic mass is 16.5. The zero-order chi connectivity index (χ0) is 9.26. The molecule has 0 aliphatic carbocycles. The number of furan rings is 1. The summed E-state index contributed by atoms with van der Waals surface area (Å²) in [6.07, 6.45) is 2.37. The molecule has 0 aromatic carbocycles. The second kappa shape index (κ2) is 3.34. The maximum Gasteiger partial charge on any atom is 0.203 e. The van der Waals surface area contributed by atoms with Gasteiger partial charge < -0.3 is 9.15 Å². The van der Waals surface area contributed by atoms with Crippen molar-refractivity contribution >= 4 is 5.78 Å². The van der Waals surface area contributed by atoms with Gasteiger partial charge in [0.05, 0.1) is 18.8 Å². The van der Waals surface area contributed by atoms with Crippen LogP contribution in [0.4, 0.5) is 0 Å². The van der Waals surface area contributed by atoms with Gasteiger partial charge in [-0.3, -0.25) is 4.79 Å². The van der Waals surface area contributed by atoms with Crippen LogP contribution in [0.25, 0.3) is 0 Å². The summed E-state index contributed by atoms with van der Waals surface area (Å²) in [4.78, 5) is 11.8. The van der Waals surface area contributed by atoms with E-state index in [1.807, 2.05) is 13.0 Å². The summed E-state index contributed by atoms with van der Waals surface area (Å²) in [5.74, 6) is 0.584. The molecule has 1 saturated heterocycles. The summed E-state index contributed by atoms with van der Waals surface area (Å²) >= 11 is 0. The quantitative estimate of drug-likeness (QED) is 0.651. The van der Waals surface area contributed by atoms with E-state index in [1.54, 1.807) is 6.26 Å². The van der Waals surface area contributed by atoms with Crippen LogP contribution >= 0.6 is 0 Å². The first-order valence-corrected chi connectivity index (χ1v) is 4.45. The molecule has 1 aromatic heterocycles. The van der Waals surface area contributed by atoms with Crippen molar-refractivity contribution < 1.29 is 13.9 Å². The van der Waals surface area contributed by atoms with Crippen LogP contribution in [-0.4, -0.2) is 19.0 Å². The van der Waals surface area contributed by atoms with Crippen molar-refractivity contribution in [1.29, 1.82) is 0 Å². The second-order valence-corrected chi connectivity index (χ2v) is 3.36. The number of hydrogen-bond donors (Lipinski definition) is 0. The molecule has 1 aliphatic heterocycles. The lowest BCUT2D eigenvalue weighted by Crippen LogP contribution is -2.14. The molecule has 13 heavy (non-hydrogen) atoms. The third-order valence-electron chi connectivity index (χ3n) is 2.39. The Kier molecular flexibility index (Phi) is 2.19. The maximum atomic E-state index is 11.8. The lowest BCUT2D eigenvalue weighted by atomic mass is 10.00. The Morgan fingerprint density at radius 2 is 2.46 bits per heavy atom. The second-order valence-electron chi connectivity index (χ2n) is 3.36. The van der Waals surface area contributed by atoms with E-state index in [0.29, 0.717) is 19.0 Å². The van der Waals surface area contributed by atoms with Crippen molar-refractivity contribution in [3.8, 4) is 0 Å². The van der Waals surface area contributed by atoms with Crippen molar-refractivity contribution in [1.82, 2.24) is 0 Å². The van der Waals surface area contributed by atoms with Gasteiger partial charge in [0.2, 0.25) is 5.78 Å². The van der Waals surface area contributed by atoms with Crippen molar-refractivity contribution in [3.63, 3.8) is 0 Å². The number of carbonyl (C=O) groups is 1. The van der Waals surface area contributed by atoms with Gasteiger partial charge in [0.1, 0.15) is 0 Å². The van der Waals surface area contributed by atoms with Gasteiger partial charge >= 0.3 is 0 Å². The standard InChI is InChI=1S/C10H12O3/c1-7-2-5-13-10(7)9(11)8-3-4-12-6-8/h2,5,8H,3-4,6H2,1H3. The fraction of sp³-hybridized carbons (Fsp3) is 0.500. The van der Waals surface area contributed by atoms with E-state index in [-0.39, 0.29) is 11.7 Å². The fourth-order valence-electron chi connectivity index (χ4n) is 1.55. The predicted octanol–water partition coefficient (Wildman–Crippen LogP) is 1.81. The Morgan fingerprint density at radius 1 is 1.62 bits per heavy atom. The molecule has 3 heteroatoms. The third-order valence-corrected chi connectivity index (χ3v) is 2.39. The molecule has 0 bridgehead atoms. The van der Waals surface area contributed by atoms with Crippen molar-refractivity contribution in [3.05, 3.63) is 23.7 Å². The van der Waals surface area contributed by atoms with E-state index >= 15 is 0 Å². The van der Waals surface area contributed by atoms with E-state index in [1.165, 1.54) is 0 Å². The molecule has 1 aromatic rings. The zero-order valence-electron chi connectivity index (χ0n) is 7.58. The minimum atomic E-state index is 0.00449. The smallest absolute Gasteiger partial charge is 0.203 e. The van der Waals surface area contributed by atoms with E-state index in [4.69, 9.17) is 9.15 Å². The Bertz CT molecular complexity index is 308. The number of aryl methyl sites for hydroxylation is 1. The van der Waals surface area contributed by atoms with Crippen LogP contribution in [-0.2, 0) is 4.74 Å². The van der Waals surface area contributed by atoms with Gasteiger partial charge in [-0.25, -0.2) is 0 Å². The fourth-order valence-corrected chi connectivity index (χ4v) is 1.55. The first-order chi connectivity index (χ1) is 6.29. The minimum absolute atomic E-state index is 0.00449. The largest absolute Gasteiger partial charge is 0.461 e. The number of hydrogen-bond acceptors (Lipinski definition) is 3. The molecule has 2 rings (SSSR count). The van der Waals surface area contributed by atoms with Crippen LogP contribution in [0.3, 0.4) is 0 Å². The topological polar surface area (TPSA) is 39.4 Å². The summed E-state index contributed by atoms with van der Waals surface area (Å²) in [6, 6.07) is 1.81. The zero-order valence-corrected chi connectivity index (χ0v) is 7.58. The normalized spacial score (nSPS) is 22.1. The predicted molar refractivity (Wildman–Crippen MR) is 46.7 cm³/mol. The molecule has 1 fully saturated rings. The molecular formula is C10H12O3. The van der Waals surface area contributed by atoms with Gasteiger partial charge in [0, 0.05) is 6.61 Å². The first-order valence-electron chi connectivity index (χ1n) is 4.45. The highest BCUT2D eigenvalue weighted by Gasteiger charge is 2.27. The van der Waals surface area contributed by atoms with Gasteiger partial charge in [0.25, 0.3) is 0 Å². The minimum Gasteiger partial charge on any atom is -0.461 e. The van der Waals surface area contributed by atoms with Crippen molar-refractivity contribution in [2.75, 3.05) is 13.2 Å². The Balaban J connectivity index is 2.17. The van der Waals surface area contributed by atoms with Gasteiger partial charge in [0.15, 0.2) is 5.76 Å². The van der Waals surface area contributed by atoms with Crippen LogP contribution in [0, 0.1) is 12.8 Å². The van der Waals surface area contributed by atoms with Crippen molar-refractivity contribution in [2.24, 2.45) is 5.92 Å². The van der Waals surface area contributed by atoms with Gasteiger partial charge in [-0.1, -0.05) is 0 Å². The van der Waals surface area contributed by atoms with Crippen LogP contribution in [0.5, 0.6) is 0 Å². The average molecular weight is 180 g/mol. The number of rotatable bonds is 2. The highest BCUT2D eigenvalue weighted by Crippen LogP contribution is 2.20. The highest BCUT2D eigenvalue weighted by molar-refractivity contribution is 5.96. The molecule has 0 spiro atoms. The lowest BCUT2D eigenvalue weighted by Gasteiger charge is -2.03. The first kappa shape index (κ1) is 8.51. The van der Waals surface area contributed by atoms with Crippen LogP contribution in [0.2, 0.25) is 0 Å². The molecule has 0 saturated carbocycles. The maximum absolute atomic E-state index is 11.8. The van der Waals surface area contributed by atoms with E-state index in [0.717, 1.165) is 12.0 Å². The summed E-state index contributed by atoms with van der Waals surface area (Å²) in [7, 11) is 0. The molecule has 1 atom stereocenters. The van der Waals surface area contributed by atoms with Crippen LogP contribution < -0.4 is 0 Å². The van der Waals surface area contributed by atoms with E-state index in [9.17, 15) is 4.79 Å². The number of ketones is 1. The number of ether oxygens (including phenoxy) is 1. The summed E-state index contributed by atoms with van der Waals surface area (Å²) < 4.78 is 10.3. The molecule has 3 nitrogen and oxygen atoms in total. The molecule has 2 heterocycles. The van der Waals surface area contributed by atoms with Crippen molar-refractivity contribution in [2.45, 2.75) is 13.3 Å². The molecular weight excluding hydrogens is 168 g/mol.